The molecule has 2 unspecified atom stereocenters. The Morgan fingerprint density at radius 2 is 1.87 bits per heavy atom. The van der Waals surface area contributed by atoms with Gasteiger partial charge in [0.05, 0.1) is 12.2 Å². The minimum absolute atomic E-state index is 0.00434. The number of hydrogen-bond acceptors (Lipinski definition) is 4. The minimum atomic E-state index is -0.762. The van der Waals surface area contributed by atoms with E-state index in [0.29, 0.717) is 18.7 Å². The van der Waals surface area contributed by atoms with Gasteiger partial charge in [-0.1, -0.05) is 88.3 Å². The predicted octanol–water partition coefficient (Wildman–Crippen LogP) is 8.91. The molecule has 2 aliphatic rings. The molecule has 0 radical (unpaired) electrons. The molecule has 0 aromatic carbocycles. The van der Waals surface area contributed by atoms with Crippen molar-refractivity contribution in [3.63, 3.8) is 0 Å². The van der Waals surface area contributed by atoms with Crippen molar-refractivity contribution in [2.45, 2.75) is 132 Å². The standard InChI is InChI=1S/C29H43N3O2.C5H12/c1-9-30-27(28(4,5)6)31-15-14-21(33)25-23(19-12-10-11-13-19)24-20(32-26(25)18(2)3)16-29(7,8)17-22(24)34;1-4-5(2)3/h9,12,15,18,21-22,33-34H,1,10-11,13-14,16-17H2,2-8H3;5H,4H2,1-3H3. The quantitative estimate of drug-likeness (QED) is 0.269. The average Bonchev–Trinajstić information content (AvgIpc) is 3.35. The van der Waals surface area contributed by atoms with Gasteiger partial charge in [0.15, 0.2) is 0 Å². The van der Waals surface area contributed by atoms with Gasteiger partial charge in [-0.25, -0.2) is 9.98 Å². The summed E-state index contributed by atoms with van der Waals surface area (Å²) in [7, 11) is 0. The second-order valence-electron chi connectivity index (χ2n) is 13.7. The van der Waals surface area contributed by atoms with E-state index in [4.69, 9.17) is 4.98 Å². The summed E-state index contributed by atoms with van der Waals surface area (Å²) in [6.07, 6.45) is 10.5. The van der Waals surface area contributed by atoms with Crippen LogP contribution in [0.25, 0.3) is 5.57 Å². The lowest BCUT2D eigenvalue weighted by atomic mass is 9.71. The highest BCUT2D eigenvalue weighted by Gasteiger charge is 2.38. The zero-order valence-electron chi connectivity index (χ0n) is 26.4. The molecule has 5 heteroatoms. The van der Waals surface area contributed by atoms with Crippen molar-refractivity contribution in [1.29, 1.82) is 0 Å². The molecule has 218 valence electrons. The molecule has 3 rings (SSSR count). The third kappa shape index (κ3) is 8.94. The Morgan fingerprint density at radius 1 is 1.23 bits per heavy atom. The molecule has 1 aromatic heterocycles. The van der Waals surface area contributed by atoms with Gasteiger partial charge >= 0.3 is 0 Å². The monoisotopic (exact) mass is 537 g/mol. The van der Waals surface area contributed by atoms with Crippen LogP contribution in [0.2, 0.25) is 0 Å². The Kier molecular flexibility index (Phi) is 11.9. The van der Waals surface area contributed by atoms with E-state index in [-0.39, 0.29) is 16.7 Å². The summed E-state index contributed by atoms with van der Waals surface area (Å²) in [4.78, 5) is 14.0. The van der Waals surface area contributed by atoms with Crippen LogP contribution in [0.3, 0.4) is 0 Å². The van der Waals surface area contributed by atoms with Crippen molar-refractivity contribution >= 4 is 17.6 Å². The summed E-state index contributed by atoms with van der Waals surface area (Å²) in [5.41, 5.74) is 5.80. The average molecular weight is 538 g/mol. The Labute approximate surface area is 238 Å². The molecule has 0 amide bonds. The molecular formula is C34H55N3O2. The maximum absolute atomic E-state index is 11.5. The summed E-state index contributed by atoms with van der Waals surface area (Å²) in [6, 6.07) is 0. The van der Waals surface area contributed by atoms with Gasteiger partial charge in [-0.15, -0.1) is 0 Å². The number of aromatic nitrogens is 1. The van der Waals surface area contributed by atoms with Gasteiger partial charge in [-0.05, 0) is 60.5 Å². The molecule has 0 saturated heterocycles. The first-order valence-electron chi connectivity index (χ1n) is 15.0. The van der Waals surface area contributed by atoms with Crippen LogP contribution in [0.5, 0.6) is 0 Å². The topological polar surface area (TPSA) is 78.1 Å². The van der Waals surface area contributed by atoms with E-state index >= 15 is 0 Å². The molecule has 0 bridgehead atoms. The summed E-state index contributed by atoms with van der Waals surface area (Å²) in [5, 5.41) is 22.8. The summed E-state index contributed by atoms with van der Waals surface area (Å²) < 4.78 is 0. The van der Waals surface area contributed by atoms with Crippen LogP contribution >= 0.6 is 0 Å². The van der Waals surface area contributed by atoms with Gasteiger partial charge in [0.25, 0.3) is 0 Å². The van der Waals surface area contributed by atoms with Gasteiger partial charge in [0.1, 0.15) is 5.84 Å². The number of aliphatic hydroxyl groups is 2. The van der Waals surface area contributed by atoms with Crippen LogP contribution in [0.1, 0.15) is 154 Å². The molecule has 0 fully saturated rings. The first kappa shape index (κ1) is 33.1. The Morgan fingerprint density at radius 3 is 2.36 bits per heavy atom. The highest BCUT2D eigenvalue weighted by molar-refractivity contribution is 5.93. The second kappa shape index (κ2) is 14.0. The first-order chi connectivity index (χ1) is 18.1. The molecule has 2 aliphatic carbocycles. The molecule has 0 spiro atoms. The maximum Gasteiger partial charge on any atom is 0.133 e. The first-order valence-corrected chi connectivity index (χ1v) is 15.0. The van der Waals surface area contributed by atoms with E-state index in [0.717, 1.165) is 59.7 Å². The van der Waals surface area contributed by atoms with Gasteiger partial charge < -0.3 is 10.2 Å². The molecule has 0 saturated carbocycles. The van der Waals surface area contributed by atoms with E-state index < -0.39 is 12.2 Å². The van der Waals surface area contributed by atoms with Crippen LogP contribution in [0.4, 0.5) is 0 Å². The molecule has 2 atom stereocenters. The zero-order valence-corrected chi connectivity index (χ0v) is 26.4. The number of nitrogens with zero attached hydrogens (tertiary/aromatic N) is 3. The normalized spacial score (nSPS) is 20.1. The SMILES string of the molecule is C=CN=C(N=CCC(O)c1c(C(C)C)nc2c(c1C1=CCCC1)C(O)CC(C)(C)C2)C(C)(C)C.CCC(C)C. The smallest absolute Gasteiger partial charge is 0.133 e. The number of rotatable bonds is 7. The molecule has 1 heterocycles. The molecule has 1 aromatic rings. The van der Waals surface area contributed by atoms with E-state index in [1.54, 1.807) is 6.21 Å². The molecule has 39 heavy (non-hydrogen) atoms. The lowest BCUT2D eigenvalue weighted by molar-refractivity contribution is 0.0970. The zero-order chi connectivity index (χ0) is 29.5. The summed E-state index contributed by atoms with van der Waals surface area (Å²) >= 11 is 0. The van der Waals surface area contributed by atoms with Crippen molar-refractivity contribution in [1.82, 2.24) is 4.98 Å². The van der Waals surface area contributed by atoms with Gasteiger partial charge in [-0.3, -0.25) is 4.98 Å². The highest BCUT2D eigenvalue weighted by Crippen LogP contribution is 2.48. The second-order valence-corrected chi connectivity index (χ2v) is 13.7. The fraction of sp³-hybridized carbons (Fsp3) is 0.676. The molecule has 0 aliphatic heterocycles. The molecule has 2 N–H and O–H groups in total. The molecular weight excluding hydrogens is 482 g/mol. The third-order valence-corrected chi connectivity index (χ3v) is 7.59. The molecule has 5 nitrogen and oxygen atoms in total. The summed E-state index contributed by atoms with van der Waals surface area (Å²) in [6.45, 7) is 25.2. The maximum atomic E-state index is 11.5. The number of aliphatic hydroxyl groups excluding tert-OH is 2. The number of pyridine rings is 1. The van der Waals surface area contributed by atoms with E-state index in [9.17, 15) is 10.2 Å². The Hall–Kier alpha value is -2.11. The number of aliphatic imine (C=N–C) groups is 2. The lowest BCUT2D eigenvalue weighted by Crippen LogP contribution is -2.29. The van der Waals surface area contributed by atoms with Gasteiger partial charge in [0, 0.05) is 46.8 Å². The van der Waals surface area contributed by atoms with Crippen molar-refractivity contribution in [3.8, 4) is 0 Å². The number of hydrogen-bond donors (Lipinski definition) is 2. The van der Waals surface area contributed by atoms with Crippen LogP contribution in [0, 0.1) is 16.7 Å². The van der Waals surface area contributed by atoms with Crippen molar-refractivity contribution in [3.05, 3.63) is 46.9 Å². The van der Waals surface area contributed by atoms with Crippen molar-refractivity contribution in [2.24, 2.45) is 26.7 Å². The number of allylic oxidation sites excluding steroid dienone is 2. The third-order valence-electron chi connectivity index (χ3n) is 7.59. The fourth-order valence-electron chi connectivity index (χ4n) is 5.21. The predicted molar refractivity (Wildman–Crippen MR) is 168 cm³/mol. The van der Waals surface area contributed by atoms with E-state index in [1.165, 1.54) is 18.2 Å². The van der Waals surface area contributed by atoms with Crippen molar-refractivity contribution in [2.75, 3.05) is 0 Å². The highest BCUT2D eigenvalue weighted by atomic mass is 16.3. The van der Waals surface area contributed by atoms with Crippen molar-refractivity contribution < 1.29 is 10.2 Å². The Bertz CT molecular complexity index is 1070. The summed E-state index contributed by atoms with van der Waals surface area (Å²) in [5.74, 6) is 1.72. The number of amidine groups is 1. The largest absolute Gasteiger partial charge is 0.388 e. The Balaban J connectivity index is 0.000000976. The van der Waals surface area contributed by atoms with Gasteiger partial charge in [-0.2, -0.15) is 0 Å². The number of fused-ring (bicyclic) bond motifs is 1. The van der Waals surface area contributed by atoms with Crippen LogP contribution in [0.15, 0.2) is 28.8 Å². The van der Waals surface area contributed by atoms with Crippen LogP contribution in [-0.4, -0.2) is 27.2 Å². The van der Waals surface area contributed by atoms with Crippen LogP contribution < -0.4 is 0 Å². The van der Waals surface area contributed by atoms with E-state index in [2.05, 4.69) is 91.9 Å². The van der Waals surface area contributed by atoms with E-state index in [1.807, 2.05) is 0 Å². The lowest BCUT2D eigenvalue weighted by Gasteiger charge is -2.37. The fourth-order valence-corrected chi connectivity index (χ4v) is 5.21. The minimum Gasteiger partial charge on any atom is -0.388 e. The van der Waals surface area contributed by atoms with Crippen LogP contribution in [-0.2, 0) is 6.42 Å². The van der Waals surface area contributed by atoms with Gasteiger partial charge in [0.2, 0.25) is 0 Å².